The summed E-state index contributed by atoms with van der Waals surface area (Å²) in [6, 6.07) is 9.31. The van der Waals surface area contributed by atoms with Crippen LogP contribution in [0.5, 0.6) is 5.88 Å². The second kappa shape index (κ2) is 8.67. The van der Waals surface area contributed by atoms with Crippen molar-refractivity contribution in [2.45, 2.75) is 19.5 Å². The van der Waals surface area contributed by atoms with E-state index in [0.29, 0.717) is 22.5 Å². The van der Waals surface area contributed by atoms with Crippen molar-refractivity contribution in [3.8, 4) is 17.3 Å². The number of benzene rings is 2. The molecule has 4 nitrogen and oxygen atoms in total. The first-order valence-corrected chi connectivity index (χ1v) is 9.87. The monoisotopic (exact) mass is 467 g/mol. The van der Waals surface area contributed by atoms with Crippen molar-refractivity contribution in [1.82, 2.24) is 14.9 Å². The molecule has 29 heavy (non-hydrogen) atoms. The molecule has 0 bridgehead atoms. The number of para-hydroxylation sites is 1. The summed E-state index contributed by atoms with van der Waals surface area (Å²) in [7, 11) is 3.96. The molecule has 0 spiro atoms. The van der Waals surface area contributed by atoms with E-state index in [-0.39, 0.29) is 11.4 Å². The van der Waals surface area contributed by atoms with E-state index in [0.717, 1.165) is 36.0 Å². The summed E-state index contributed by atoms with van der Waals surface area (Å²) in [5.74, 6) is 0.571. The fraction of sp³-hybridized carbons (Fsp3) is 0.333. The fourth-order valence-corrected chi connectivity index (χ4v) is 3.43. The van der Waals surface area contributed by atoms with Gasteiger partial charge in [0, 0.05) is 16.6 Å². The van der Waals surface area contributed by atoms with Crippen LogP contribution in [0.15, 0.2) is 40.9 Å². The molecule has 0 fully saturated rings. The van der Waals surface area contributed by atoms with Crippen LogP contribution in [0, 0.1) is 6.92 Å². The molecule has 0 unspecified atom stereocenters. The van der Waals surface area contributed by atoms with Gasteiger partial charge >= 0.3 is 6.18 Å². The minimum atomic E-state index is -4.46. The van der Waals surface area contributed by atoms with Gasteiger partial charge in [0.05, 0.1) is 23.1 Å². The Labute approximate surface area is 175 Å². The van der Waals surface area contributed by atoms with Gasteiger partial charge < -0.3 is 9.64 Å². The molecule has 0 amide bonds. The number of aryl methyl sites for hydroxylation is 1. The third-order valence-electron chi connectivity index (χ3n) is 4.37. The molecular formula is C21H21BrF3N3O. The van der Waals surface area contributed by atoms with Crippen molar-refractivity contribution in [1.29, 1.82) is 0 Å². The summed E-state index contributed by atoms with van der Waals surface area (Å²) >= 11 is 3.16. The van der Waals surface area contributed by atoms with E-state index in [4.69, 9.17) is 4.74 Å². The van der Waals surface area contributed by atoms with Crippen molar-refractivity contribution in [3.05, 3.63) is 52.0 Å². The van der Waals surface area contributed by atoms with Crippen molar-refractivity contribution in [3.63, 3.8) is 0 Å². The number of hydrogen-bond acceptors (Lipinski definition) is 4. The lowest BCUT2D eigenvalue weighted by Crippen LogP contribution is -2.16. The van der Waals surface area contributed by atoms with Gasteiger partial charge in [-0.2, -0.15) is 18.2 Å². The smallest absolute Gasteiger partial charge is 0.416 e. The first kappa shape index (κ1) is 21.5. The van der Waals surface area contributed by atoms with Gasteiger partial charge in [0.1, 0.15) is 0 Å². The van der Waals surface area contributed by atoms with E-state index in [2.05, 4.69) is 30.8 Å². The summed E-state index contributed by atoms with van der Waals surface area (Å²) in [6.45, 7) is 3.20. The normalized spacial score (nSPS) is 12.0. The van der Waals surface area contributed by atoms with Crippen LogP contribution >= 0.6 is 15.9 Å². The molecule has 3 rings (SSSR count). The van der Waals surface area contributed by atoms with Gasteiger partial charge in [-0.1, -0.05) is 28.1 Å². The second-order valence-electron chi connectivity index (χ2n) is 7.06. The minimum Gasteiger partial charge on any atom is -0.477 e. The summed E-state index contributed by atoms with van der Waals surface area (Å²) < 4.78 is 45.9. The molecule has 3 aromatic rings. The largest absolute Gasteiger partial charge is 0.477 e. The SMILES string of the molecule is Cc1cccc2c(OCCCN(C)C)nc(-c3cc(Br)cc(C(F)(F)F)c3)nc12. The highest BCUT2D eigenvalue weighted by molar-refractivity contribution is 9.10. The maximum atomic E-state index is 13.2. The van der Waals surface area contributed by atoms with Crippen molar-refractivity contribution < 1.29 is 17.9 Å². The highest BCUT2D eigenvalue weighted by atomic mass is 79.9. The van der Waals surface area contributed by atoms with Crippen molar-refractivity contribution >= 4 is 26.8 Å². The van der Waals surface area contributed by atoms with Gasteiger partial charge in [0.25, 0.3) is 0 Å². The van der Waals surface area contributed by atoms with E-state index >= 15 is 0 Å². The quantitative estimate of drug-likeness (QED) is 0.434. The number of fused-ring (bicyclic) bond motifs is 1. The highest BCUT2D eigenvalue weighted by Gasteiger charge is 2.31. The van der Waals surface area contributed by atoms with Gasteiger partial charge in [0.2, 0.25) is 5.88 Å². The zero-order valence-electron chi connectivity index (χ0n) is 16.3. The van der Waals surface area contributed by atoms with Gasteiger partial charge in [-0.05, 0) is 57.3 Å². The van der Waals surface area contributed by atoms with E-state index < -0.39 is 11.7 Å². The lowest BCUT2D eigenvalue weighted by molar-refractivity contribution is -0.137. The number of halogens is 4. The Kier molecular flexibility index (Phi) is 6.43. The van der Waals surface area contributed by atoms with Gasteiger partial charge in [-0.15, -0.1) is 0 Å². The van der Waals surface area contributed by atoms with Crippen LogP contribution in [0.2, 0.25) is 0 Å². The standard InChI is InChI=1S/C21H21BrF3N3O/c1-13-6-4-7-17-18(13)26-19(27-20(17)29-9-5-8-28(2)3)14-10-15(21(23,24)25)12-16(22)11-14/h4,6-7,10-12H,5,8-9H2,1-3H3. The Morgan fingerprint density at radius 1 is 1.10 bits per heavy atom. The first-order valence-electron chi connectivity index (χ1n) is 9.08. The molecule has 0 atom stereocenters. The zero-order chi connectivity index (χ0) is 21.2. The lowest BCUT2D eigenvalue weighted by Gasteiger charge is -2.14. The predicted molar refractivity (Wildman–Crippen MR) is 111 cm³/mol. The fourth-order valence-electron chi connectivity index (χ4n) is 2.94. The Morgan fingerprint density at radius 3 is 2.55 bits per heavy atom. The molecule has 1 heterocycles. The Bertz CT molecular complexity index is 1020. The van der Waals surface area contributed by atoms with Crippen LogP contribution in [0.4, 0.5) is 13.2 Å². The van der Waals surface area contributed by atoms with Crippen molar-refractivity contribution in [2.24, 2.45) is 0 Å². The molecule has 0 aliphatic rings. The number of rotatable bonds is 6. The molecule has 0 aliphatic carbocycles. The average molecular weight is 468 g/mol. The second-order valence-corrected chi connectivity index (χ2v) is 7.97. The maximum Gasteiger partial charge on any atom is 0.416 e. The number of nitrogens with zero attached hydrogens (tertiary/aromatic N) is 3. The summed E-state index contributed by atoms with van der Waals surface area (Å²) in [5.41, 5.74) is 1.07. The molecule has 2 aromatic carbocycles. The molecule has 0 radical (unpaired) electrons. The molecule has 0 N–H and O–H groups in total. The number of alkyl halides is 3. The van der Waals surface area contributed by atoms with Crippen LogP contribution in [-0.4, -0.2) is 42.1 Å². The third-order valence-corrected chi connectivity index (χ3v) is 4.82. The zero-order valence-corrected chi connectivity index (χ0v) is 17.9. The van der Waals surface area contributed by atoms with E-state index in [1.54, 1.807) is 6.07 Å². The van der Waals surface area contributed by atoms with Crippen LogP contribution in [0.25, 0.3) is 22.3 Å². The van der Waals surface area contributed by atoms with E-state index in [1.165, 1.54) is 0 Å². The third kappa shape index (κ3) is 5.25. The minimum absolute atomic E-state index is 0.196. The topological polar surface area (TPSA) is 38.2 Å². The summed E-state index contributed by atoms with van der Waals surface area (Å²) in [6.07, 6.45) is -3.66. The maximum absolute atomic E-state index is 13.2. The Morgan fingerprint density at radius 2 is 1.86 bits per heavy atom. The average Bonchev–Trinajstić information content (AvgIpc) is 2.64. The lowest BCUT2D eigenvalue weighted by atomic mass is 10.1. The van der Waals surface area contributed by atoms with Gasteiger partial charge in [-0.3, -0.25) is 0 Å². The van der Waals surface area contributed by atoms with Gasteiger partial charge in [-0.25, -0.2) is 4.98 Å². The Hall–Kier alpha value is -2.19. The van der Waals surface area contributed by atoms with Crippen LogP contribution < -0.4 is 4.74 Å². The van der Waals surface area contributed by atoms with Crippen LogP contribution in [-0.2, 0) is 6.18 Å². The molecule has 0 aliphatic heterocycles. The number of hydrogen-bond donors (Lipinski definition) is 0. The van der Waals surface area contributed by atoms with Crippen LogP contribution in [0.1, 0.15) is 17.5 Å². The van der Waals surface area contributed by atoms with Gasteiger partial charge in [0.15, 0.2) is 5.82 Å². The summed E-state index contributed by atoms with van der Waals surface area (Å²) in [5, 5.41) is 0.740. The molecule has 154 valence electrons. The molecular weight excluding hydrogens is 447 g/mol. The first-order chi connectivity index (χ1) is 13.6. The molecule has 1 aromatic heterocycles. The summed E-state index contributed by atoms with van der Waals surface area (Å²) in [4.78, 5) is 11.0. The van der Waals surface area contributed by atoms with E-state index in [1.807, 2.05) is 39.2 Å². The van der Waals surface area contributed by atoms with E-state index in [9.17, 15) is 13.2 Å². The Balaban J connectivity index is 2.07. The van der Waals surface area contributed by atoms with Crippen molar-refractivity contribution in [2.75, 3.05) is 27.2 Å². The highest BCUT2D eigenvalue weighted by Crippen LogP contribution is 2.35. The number of ether oxygens (including phenoxy) is 1. The molecule has 0 saturated heterocycles. The molecule has 0 saturated carbocycles. The number of aromatic nitrogens is 2. The predicted octanol–water partition coefficient (Wildman–Crippen LogP) is 5.72. The van der Waals surface area contributed by atoms with Crippen LogP contribution in [0.3, 0.4) is 0 Å². The molecule has 8 heteroatoms.